The second-order valence-electron chi connectivity index (χ2n) is 5.34. The Morgan fingerprint density at radius 1 is 1.17 bits per heavy atom. The fourth-order valence-corrected chi connectivity index (χ4v) is 1.34. The molecule has 1 aliphatic rings. The van der Waals surface area contributed by atoms with Crippen LogP contribution in [0.1, 0.15) is 40.5 Å². The summed E-state index contributed by atoms with van der Waals surface area (Å²) in [5.74, 6) is -2.59. The third-order valence-corrected chi connectivity index (χ3v) is 2.03. The van der Waals surface area contributed by atoms with Gasteiger partial charge in [0, 0.05) is 6.61 Å². The zero-order chi connectivity index (χ0) is 14.4. The van der Waals surface area contributed by atoms with Crippen molar-refractivity contribution in [2.24, 2.45) is 0 Å². The second-order valence-corrected chi connectivity index (χ2v) is 5.34. The van der Waals surface area contributed by atoms with E-state index in [0.29, 0.717) is 26.1 Å². The van der Waals surface area contributed by atoms with E-state index in [1.54, 1.807) is 13.8 Å². The Kier molecular flexibility index (Phi) is 7.28. The molecular formula is C12H26O6. The first-order valence-corrected chi connectivity index (χ1v) is 6.10. The molecule has 18 heavy (non-hydrogen) atoms. The highest BCUT2D eigenvalue weighted by atomic mass is 16.6. The molecule has 0 aliphatic carbocycles. The predicted molar refractivity (Wildman–Crippen MR) is 65.7 cm³/mol. The average Bonchev–Trinajstić information content (AvgIpc) is 2.46. The maximum Gasteiger partial charge on any atom is 0.159 e. The van der Waals surface area contributed by atoms with Crippen molar-refractivity contribution in [3.8, 4) is 0 Å². The molecule has 0 aromatic heterocycles. The Balaban J connectivity index is 0.000000494. The molecule has 4 N–H and O–H groups in total. The van der Waals surface area contributed by atoms with E-state index in [-0.39, 0.29) is 12.2 Å². The van der Waals surface area contributed by atoms with Crippen molar-refractivity contribution in [1.82, 2.24) is 0 Å². The summed E-state index contributed by atoms with van der Waals surface area (Å²) in [5, 5.41) is 34.8. The van der Waals surface area contributed by atoms with Crippen LogP contribution >= 0.6 is 0 Å². The van der Waals surface area contributed by atoms with Crippen LogP contribution in [0.15, 0.2) is 0 Å². The van der Waals surface area contributed by atoms with Crippen LogP contribution in [0.5, 0.6) is 0 Å². The van der Waals surface area contributed by atoms with Crippen LogP contribution in [0.2, 0.25) is 0 Å². The first kappa shape index (κ1) is 17.8. The zero-order valence-electron chi connectivity index (χ0n) is 11.6. The minimum atomic E-state index is -1.50. The molecule has 6 nitrogen and oxygen atoms in total. The van der Waals surface area contributed by atoms with Crippen molar-refractivity contribution >= 4 is 0 Å². The van der Waals surface area contributed by atoms with Crippen LogP contribution in [0.25, 0.3) is 0 Å². The quantitative estimate of drug-likeness (QED) is 0.534. The maximum absolute atomic E-state index is 9.38. The number of aliphatic hydroxyl groups excluding tert-OH is 1. The third-order valence-electron chi connectivity index (χ3n) is 2.03. The molecule has 2 unspecified atom stereocenters. The van der Waals surface area contributed by atoms with E-state index in [1.807, 2.05) is 0 Å². The smallest absolute Gasteiger partial charge is 0.159 e. The Morgan fingerprint density at radius 2 is 1.67 bits per heavy atom. The number of ether oxygens (including phenoxy) is 2. The van der Waals surface area contributed by atoms with Gasteiger partial charge in [0.2, 0.25) is 0 Å². The summed E-state index contributed by atoms with van der Waals surface area (Å²) in [6.07, 6.45) is 0.839. The summed E-state index contributed by atoms with van der Waals surface area (Å²) in [6, 6.07) is 0. The van der Waals surface area contributed by atoms with E-state index in [2.05, 4.69) is 0 Å². The summed E-state index contributed by atoms with van der Waals surface area (Å²) in [5.41, 5.74) is 0. The van der Waals surface area contributed by atoms with Crippen LogP contribution in [-0.4, -0.2) is 57.4 Å². The van der Waals surface area contributed by atoms with Crippen molar-refractivity contribution in [3.05, 3.63) is 0 Å². The van der Waals surface area contributed by atoms with E-state index in [4.69, 9.17) is 19.7 Å². The van der Waals surface area contributed by atoms with Gasteiger partial charge in [0.1, 0.15) is 0 Å². The Labute approximate surface area is 108 Å². The lowest BCUT2D eigenvalue weighted by Crippen LogP contribution is -2.28. The van der Waals surface area contributed by atoms with Crippen molar-refractivity contribution < 1.29 is 29.9 Å². The Morgan fingerprint density at radius 3 is 2.00 bits per heavy atom. The summed E-state index contributed by atoms with van der Waals surface area (Å²) in [6.45, 7) is 6.79. The SMILES string of the molecule is CC(C)(O)O.CC(C)(O)OCCC1OCCC1O. The molecule has 0 aromatic rings. The van der Waals surface area contributed by atoms with Crippen LogP contribution in [0, 0.1) is 0 Å². The lowest BCUT2D eigenvalue weighted by atomic mass is 10.1. The Hall–Kier alpha value is -0.240. The molecule has 0 saturated carbocycles. The van der Waals surface area contributed by atoms with Crippen molar-refractivity contribution in [1.29, 1.82) is 0 Å². The summed E-state index contributed by atoms with van der Waals surface area (Å²) < 4.78 is 10.4. The monoisotopic (exact) mass is 266 g/mol. The number of hydrogen-bond donors (Lipinski definition) is 4. The lowest BCUT2D eigenvalue weighted by Gasteiger charge is -2.20. The van der Waals surface area contributed by atoms with Gasteiger partial charge in [-0.1, -0.05) is 0 Å². The summed E-state index contributed by atoms with van der Waals surface area (Å²) >= 11 is 0. The van der Waals surface area contributed by atoms with Crippen LogP contribution in [0.3, 0.4) is 0 Å². The van der Waals surface area contributed by atoms with Gasteiger partial charge in [0.05, 0.1) is 18.8 Å². The predicted octanol–water partition coefficient (Wildman–Crippen LogP) is -0.0216. The molecule has 1 fully saturated rings. The molecular weight excluding hydrogens is 240 g/mol. The number of aliphatic hydroxyl groups is 4. The van der Waals surface area contributed by atoms with E-state index in [9.17, 15) is 10.2 Å². The molecule has 0 aromatic carbocycles. The first-order chi connectivity index (χ1) is 7.99. The van der Waals surface area contributed by atoms with Crippen LogP contribution in [-0.2, 0) is 9.47 Å². The molecule has 1 rings (SSSR count). The van der Waals surface area contributed by atoms with Gasteiger partial charge in [0.25, 0.3) is 0 Å². The third kappa shape index (κ3) is 12.2. The van der Waals surface area contributed by atoms with Gasteiger partial charge in [-0.15, -0.1) is 0 Å². The highest BCUT2D eigenvalue weighted by Crippen LogP contribution is 2.17. The van der Waals surface area contributed by atoms with Gasteiger partial charge < -0.3 is 29.9 Å². The van der Waals surface area contributed by atoms with E-state index < -0.39 is 11.6 Å². The van der Waals surface area contributed by atoms with Crippen LogP contribution < -0.4 is 0 Å². The van der Waals surface area contributed by atoms with Gasteiger partial charge in [-0.25, -0.2) is 0 Å². The first-order valence-electron chi connectivity index (χ1n) is 6.10. The van der Waals surface area contributed by atoms with Gasteiger partial charge in [0.15, 0.2) is 11.6 Å². The molecule has 0 radical (unpaired) electrons. The largest absolute Gasteiger partial charge is 0.390 e. The average molecular weight is 266 g/mol. The zero-order valence-corrected chi connectivity index (χ0v) is 11.6. The fourth-order valence-electron chi connectivity index (χ4n) is 1.34. The van der Waals surface area contributed by atoms with Crippen LogP contribution in [0.4, 0.5) is 0 Å². The van der Waals surface area contributed by atoms with Gasteiger partial charge in [-0.05, 0) is 40.5 Å². The molecule has 0 spiro atoms. The second kappa shape index (κ2) is 7.37. The molecule has 1 heterocycles. The Bertz CT molecular complexity index is 212. The van der Waals surface area contributed by atoms with Crippen molar-refractivity contribution in [2.75, 3.05) is 13.2 Å². The number of hydrogen-bond acceptors (Lipinski definition) is 6. The van der Waals surface area contributed by atoms with E-state index in [0.717, 1.165) is 0 Å². The fraction of sp³-hybridized carbons (Fsp3) is 1.00. The minimum Gasteiger partial charge on any atom is -0.390 e. The molecule has 1 saturated heterocycles. The van der Waals surface area contributed by atoms with Gasteiger partial charge in [-0.3, -0.25) is 0 Å². The highest BCUT2D eigenvalue weighted by Gasteiger charge is 2.26. The maximum atomic E-state index is 9.38. The minimum absolute atomic E-state index is 0.123. The molecule has 2 atom stereocenters. The molecule has 6 heteroatoms. The molecule has 110 valence electrons. The van der Waals surface area contributed by atoms with Crippen molar-refractivity contribution in [2.45, 2.75) is 64.3 Å². The number of rotatable bonds is 4. The summed E-state index contributed by atoms with van der Waals surface area (Å²) in [7, 11) is 0. The molecule has 0 bridgehead atoms. The normalized spacial score (nSPS) is 24.7. The highest BCUT2D eigenvalue weighted by molar-refractivity contribution is 4.74. The van der Waals surface area contributed by atoms with Gasteiger partial charge in [-0.2, -0.15) is 0 Å². The van der Waals surface area contributed by atoms with E-state index in [1.165, 1.54) is 13.8 Å². The molecule has 1 aliphatic heterocycles. The molecule has 0 amide bonds. The summed E-state index contributed by atoms with van der Waals surface area (Å²) in [4.78, 5) is 0. The van der Waals surface area contributed by atoms with E-state index >= 15 is 0 Å². The van der Waals surface area contributed by atoms with Gasteiger partial charge >= 0.3 is 0 Å². The standard InChI is InChI=1S/C9H18O4.C3H8O2/c1-9(2,11)13-6-4-8-7(10)3-5-12-8;1-3(2,4)5/h7-8,10-11H,3-6H2,1-2H3;4-5H,1-2H3. The van der Waals surface area contributed by atoms with Crippen molar-refractivity contribution in [3.63, 3.8) is 0 Å². The topological polar surface area (TPSA) is 99.4 Å². The lowest BCUT2D eigenvalue weighted by molar-refractivity contribution is -0.180.